The van der Waals surface area contributed by atoms with E-state index in [1.165, 1.54) is 4.52 Å². The molecule has 0 aliphatic heterocycles. The number of carbonyl (C=O) groups is 1. The molecule has 0 bridgehead atoms. The fourth-order valence-corrected chi connectivity index (χ4v) is 4.51. The summed E-state index contributed by atoms with van der Waals surface area (Å²) in [6, 6.07) is 20.6. The van der Waals surface area contributed by atoms with Crippen molar-refractivity contribution in [2.24, 2.45) is 0 Å². The molecule has 0 unspecified atom stereocenters. The van der Waals surface area contributed by atoms with E-state index in [-0.39, 0.29) is 17.0 Å². The highest BCUT2D eigenvalue weighted by atomic mass is 35.5. The zero-order chi connectivity index (χ0) is 23.8. The van der Waals surface area contributed by atoms with E-state index in [1.54, 1.807) is 28.5 Å². The Morgan fingerprint density at radius 2 is 1.88 bits per heavy atom. The van der Waals surface area contributed by atoms with Crippen molar-refractivity contribution in [3.05, 3.63) is 99.1 Å². The van der Waals surface area contributed by atoms with Gasteiger partial charge >= 0.3 is 0 Å². The van der Waals surface area contributed by atoms with Crippen LogP contribution in [0.1, 0.15) is 21.7 Å². The molecule has 0 spiro atoms. The molecule has 5 rings (SSSR count). The molecule has 2 heterocycles. The zero-order valence-corrected chi connectivity index (χ0v) is 20.0. The Bertz CT molecular complexity index is 1630. The topological polar surface area (TPSA) is 81.3 Å². The van der Waals surface area contributed by atoms with Gasteiger partial charge in [-0.15, -0.1) is 16.9 Å². The number of rotatable bonds is 5. The first-order valence-corrected chi connectivity index (χ1v) is 12.1. The van der Waals surface area contributed by atoms with Crippen LogP contribution in [0.4, 0.5) is 5.69 Å². The van der Waals surface area contributed by atoms with Crippen LogP contribution in [0.3, 0.4) is 0 Å². The number of nitrogens with one attached hydrogen (secondary N) is 1. The van der Waals surface area contributed by atoms with Crippen molar-refractivity contribution in [1.82, 2.24) is 19.2 Å². The summed E-state index contributed by atoms with van der Waals surface area (Å²) in [5, 5.41) is 7.80. The van der Waals surface area contributed by atoms with Crippen molar-refractivity contribution in [2.75, 3.05) is 11.6 Å². The number of aryl methyl sites for hydroxylation is 1. The maximum Gasteiger partial charge on any atom is 0.296 e. The largest absolute Gasteiger partial charge is 0.319 e. The summed E-state index contributed by atoms with van der Waals surface area (Å²) < 4.78 is 3.08. The lowest BCUT2D eigenvalue weighted by Gasteiger charge is -2.12. The van der Waals surface area contributed by atoms with Gasteiger partial charge in [-0.2, -0.15) is 4.98 Å². The molecule has 0 aliphatic rings. The minimum Gasteiger partial charge on any atom is -0.319 e. The van der Waals surface area contributed by atoms with Crippen LogP contribution in [0.2, 0.25) is 5.02 Å². The number of aromatic nitrogens is 4. The Morgan fingerprint density at radius 3 is 2.68 bits per heavy atom. The standard InChI is InChI=1S/C25H20ClN5O2S/c1-15-9-10-20-21(11-15)30(14-16-5-3-6-17(26)12-16)25(33)23-28-22(29-31(20)23)24(32)27-18-7-4-8-19(13-18)34-2/h3-13H,14H2,1-2H3,(H,27,32). The second kappa shape index (κ2) is 8.96. The number of nitrogens with zero attached hydrogens (tertiary/aromatic N) is 4. The predicted octanol–water partition coefficient (Wildman–Crippen LogP) is 5.03. The summed E-state index contributed by atoms with van der Waals surface area (Å²) in [5.41, 5.74) is 3.64. The van der Waals surface area contributed by atoms with Crippen LogP contribution in [-0.4, -0.2) is 31.3 Å². The third-order valence-electron chi connectivity index (χ3n) is 5.45. The maximum atomic E-state index is 13.5. The fourth-order valence-electron chi connectivity index (χ4n) is 3.84. The van der Waals surface area contributed by atoms with E-state index in [9.17, 15) is 9.59 Å². The molecule has 0 saturated heterocycles. The molecule has 7 nitrogen and oxygen atoms in total. The van der Waals surface area contributed by atoms with Crippen molar-refractivity contribution in [2.45, 2.75) is 18.4 Å². The molecule has 5 aromatic rings. The quantitative estimate of drug-likeness (QED) is 0.350. The molecule has 0 aliphatic carbocycles. The van der Waals surface area contributed by atoms with Gasteiger partial charge in [-0.05, 0) is 66.8 Å². The van der Waals surface area contributed by atoms with Crippen LogP contribution in [0.15, 0.2) is 76.4 Å². The number of thioether (sulfide) groups is 1. The normalized spacial score (nSPS) is 11.3. The molecule has 0 saturated carbocycles. The molecule has 2 aromatic heterocycles. The van der Waals surface area contributed by atoms with Crippen molar-refractivity contribution in [3.8, 4) is 0 Å². The number of amides is 1. The van der Waals surface area contributed by atoms with Crippen molar-refractivity contribution >= 4 is 51.6 Å². The van der Waals surface area contributed by atoms with Gasteiger partial charge in [0.25, 0.3) is 11.5 Å². The molecule has 0 atom stereocenters. The Kier molecular flexibility index (Phi) is 5.85. The number of hydrogen-bond donors (Lipinski definition) is 1. The van der Waals surface area contributed by atoms with Crippen LogP contribution in [-0.2, 0) is 6.54 Å². The second-order valence-corrected chi connectivity index (χ2v) is 9.19. The maximum absolute atomic E-state index is 13.5. The number of carbonyl (C=O) groups excluding carboxylic acids is 1. The average Bonchev–Trinajstić information content (AvgIpc) is 3.28. The van der Waals surface area contributed by atoms with Gasteiger partial charge in [-0.3, -0.25) is 14.2 Å². The number of fused-ring (bicyclic) bond motifs is 3. The minimum absolute atomic E-state index is 0.0750. The van der Waals surface area contributed by atoms with Crippen LogP contribution in [0, 0.1) is 6.92 Å². The van der Waals surface area contributed by atoms with E-state index in [0.717, 1.165) is 16.0 Å². The van der Waals surface area contributed by atoms with Crippen LogP contribution in [0.25, 0.3) is 16.7 Å². The first-order chi connectivity index (χ1) is 16.4. The van der Waals surface area contributed by atoms with E-state index < -0.39 is 5.91 Å². The number of halogens is 1. The van der Waals surface area contributed by atoms with Gasteiger partial charge in [0.2, 0.25) is 11.5 Å². The summed E-state index contributed by atoms with van der Waals surface area (Å²) >= 11 is 7.73. The monoisotopic (exact) mass is 489 g/mol. The molecule has 34 heavy (non-hydrogen) atoms. The van der Waals surface area contributed by atoms with E-state index in [2.05, 4.69) is 15.4 Å². The molecule has 1 N–H and O–H groups in total. The van der Waals surface area contributed by atoms with Crippen LogP contribution >= 0.6 is 23.4 Å². The lowest BCUT2D eigenvalue weighted by Crippen LogP contribution is -2.24. The number of benzene rings is 3. The van der Waals surface area contributed by atoms with Gasteiger partial charge in [0.1, 0.15) is 0 Å². The highest BCUT2D eigenvalue weighted by Crippen LogP contribution is 2.21. The summed E-state index contributed by atoms with van der Waals surface area (Å²) in [4.78, 5) is 31.7. The van der Waals surface area contributed by atoms with Crippen LogP contribution < -0.4 is 10.9 Å². The summed E-state index contributed by atoms with van der Waals surface area (Å²) in [6.45, 7) is 2.27. The van der Waals surface area contributed by atoms with Gasteiger partial charge in [0, 0.05) is 15.6 Å². The van der Waals surface area contributed by atoms with Gasteiger partial charge in [0.15, 0.2) is 0 Å². The van der Waals surface area contributed by atoms with Gasteiger partial charge in [0.05, 0.1) is 17.6 Å². The smallest absolute Gasteiger partial charge is 0.296 e. The molecule has 3 aromatic carbocycles. The summed E-state index contributed by atoms with van der Waals surface area (Å²) in [5.74, 6) is -0.558. The SMILES string of the molecule is CSc1cccc(NC(=O)c2nc3c(=O)n(Cc4cccc(Cl)c4)c4cc(C)ccc4n3n2)c1. The predicted molar refractivity (Wildman–Crippen MR) is 136 cm³/mol. The third kappa shape index (κ3) is 4.18. The Hall–Kier alpha value is -3.62. The lowest BCUT2D eigenvalue weighted by molar-refractivity contribution is 0.101. The first-order valence-electron chi connectivity index (χ1n) is 10.5. The zero-order valence-electron chi connectivity index (χ0n) is 18.4. The van der Waals surface area contributed by atoms with E-state index >= 15 is 0 Å². The second-order valence-electron chi connectivity index (χ2n) is 7.87. The molecular formula is C25H20ClN5O2S. The summed E-state index contributed by atoms with van der Waals surface area (Å²) in [7, 11) is 0. The minimum atomic E-state index is -0.483. The summed E-state index contributed by atoms with van der Waals surface area (Å²) in [6.07, 6.45) is 1.96. The highest BCUT2D eigenvalue weighted by Gasteiger charge is 2.19. The highest BCUT2D eigenvalue weighted by molar-refractivity contribution is 7.98. The van der Waals surface area contributed by atoms with E-state index in [1.807, 2.05) is 67.8 Å². The molecule has 9 heteroatoms. The van der Waals surface area contributed by atoms with E-state index in [4.69, 9.17) is 11.6 Å². The molecule has 170 valence electrons. The number of hydrogen-bond acceptors (Lipinski definition) is 5. The Labute approximate surface area is 204 Å². The van der Waals surface area contributed by atoms with Crippen molar-refractivity contribution in [3.63, 3.8) is 0 Å². The first kappa shape index (κ1) is 22.2. The van der Waals surface area contributed by atoms with Gasteiger partial charge < -0.3 is 5.32 Å². The third-order valence-corrected chi connectivity index (χ3v) is 6.41. The fraction of sp³-hybridized carbons (Fsp3) is 0.120. The van der Waals surface area contributed by atoms with Gasteiger partial charge in [-0.1, -0.05) is 35.9 Å². The van der Waals surface area contributed by atoms with E-state index in [0.29, 0.717) is 28.3 Å². The Balaban J connectivity index is 1.62. The molecule has 0 fully saturated rings. The average molecular weight is 490 g/mol. The molecule has 0 radical (unpaired) electrons. The van der Waals surface area contributed by atoms with Crippen molar-refractivity contribution in [1.29, 1.82) is 0 Å². The van der Waals surface area contributed by atoms with Crippen molar-refractivity contribution < 1.29 is 4.79 Å². The molecule has 1 amide bonds. The lowest BCUT2D eigenvalue weighted by atomic mass is 10.2. The Morgan fingerprint density at radius 1 is 1.06 bits per heavy atom. The van der Waals surface area contributed by atoms with Crippen LogP contribution in [0.5, 0.6) is 0 Å². The number of anilines is 1. The molecular weight excluding hydrogens is 470 g/mol. The van der Waals surface area contributed by atoms with Gasteiger partial charge in [-0.25, -0.2) is 4.52 Å².